The van der Waals surface area contributed by atoms with Crippen LogP contribution in [0.1, 0.15) is 0 Å². The summed E-state index contributed by atoms with van der Waals surface area (Å²) < 4.78 is 9.11. The van der Waals surface area contributed by atoms with Crippen molar-refractivity contribution in [2.24, 2.45) is 14.1 Å². The zero-order valence-electron chi connectivity index (χ0n) is 9.65. The van der Waals surface area contributed by atoms with Crippen molar-refractivity contribution in [1.29, 1.82) is 0 Å². The van der Waals surface area contributed by atoms with Gasteiger partial charge in [0.05, 0.1) is 21.2 Å². The van der Waals surface area contributed by atoms with E-state index < -0.39 is 0 Å². The number of aromatic nitrogens is 4. The van der Waals surface area contributed by atoms with E-state index in [0.29, 0.717) is 11.8 Å². The first-order chi connectivity index (χ1) is 7.17. The minimum absolute atomic E-state index is 0. The number of hydrogen-bond acceptors (Lipinski definition) is 4. The number of imidazole rings is 1. The Morgan fingerprint density at radius 1 is 1.44 bits per heavy atom. The molecule has 0 bridgehead atoms. The second kappa shape index (κ2) is 4.81. The molecule has 2 heterocycles. The van der Waals surface area contributed by atoms with Crippen molar-refractivity contribution in [2.75, 3.05) is 19.5 Å². The number of anilines is 1. The highest BCUT2D eigenvalue weighted by Gasteiger charge is 2.20. The van der Waals surface area contributed by atoms with Crippen molar-refractivity contribution in [3.8, 4) is 5.88 Å². The van der Waals surface area contributed by atoms with Crippen LogP contribution in [0.2, 0.25) is 0 Å². The van der Waals surface area contributed by atoms with Crippen LogP contribution in [0.5, 0.6) is 5.88 Å². The third-order valence-corrected chi connectivity index (χ3v) is 2.28. The average Bonchev–Trinajstić information content (AvgIpc) is 2.53. The lowest BCUT2D eigenvalue weighted by atomic mass is 10.5. The fourth-order valence-corrected chi connectivity index (χ4v) is 1.60. The van der Waals surface area contributed by atoms with Crippen molar-refractivity contribution < 1.29 is 33.3 Å². The van der Waals surface area contributed by atoms with Gasteiger partial charge >= 0.3 is 11.6 Å². The van der Waals surface area contributed by atoms with Gasteiger partial charge in [-0.05, 0) is 0 Å². The Kier molecular flexibility index (Phi) is 3.89. The summed E-state index contributed by atoms with van der Waals surface area (Å²) in [6.45, 7) is 0. The zero-order chi connectivity index (χ0) is 11.0. The summed E-state index contributed by atoms with van der Waals surface area (Å²) in [5, 5.41) is 2.91. The fraction of sp³-hybridized carbons (Fsp3) is 0.444. The Morgan fingerprint density at radius 3 is 2.69 bits per heavy atom. The molecule has 6 nitrogen and oxygen atoms in total. The van der Waals surface area contributed by atoms with Gasteiger partial charge in [0.15, 0.2) is 6.33 Å². The number of nitrogens with one attached hydrogen (secondary N) is 1. The number of fused-ring (bicyclic) bond motifs is 1. The molecule has 0 aliphatic rings. The van der Waals surface area contributed by atoms with Crippen LogP contribution in [-0.2, 0) is 14.1 Å². The lowest BCUT2D eigenvalue weighted by Gasteiger charge is -2.00. The van der Waals surface area contributed by atoms with E-state index >= 15 is 0 Å². The van der Waals surface area contributed by atoms with Gasteiger partial charge in [0, 0.05) is 7.05 Å². The molecule has 0 aliphatic carbocycles. The van der Waals surface area contributed by atoms with Crippen molar-refractivity contribution in [3.63, 3.8) is 0 Å². The molecule has 0 saturated heterocycles. The fourth-order valence-electron chi connectivity index (χ4n) is 1.60. The zero-order valence-corrected chi connectivity index (χ0v) is 11.8. The monoisotopic (exact) mass is 335 g/mol. The molecule has 16 heavy (non-hydrogen) atoms. The molecule has 2 aromatic heterocycles. The quantitative estimate of drug-likeness (QED) is 0.465. The number of rotatable bonds is 2. The Bertz CT molecular complexity index is 510. The molecule has 0 fully saturated rings. The maximum atomic E-state index is 5.24. The molecular formula is C9H14IN5O. The minimum atomic E-state index is 0. The standard InChI is InChI=1S/C9H14N5O.HI/c1-10-9-11-7-6(8(12-9)15-4)13(2)5-14(7)3;/h5H,1-4H3,(H,10,11,12);1H/q+1;/p-1. The van der Waals surface area contributed by atoms with E-state index in [1.165, 1.54) is 0 Å². The van der Waals surface area contributed by atoms with Gasteiger partial charge < -0.3 is 34.0 Å². The Morgan fingerprint density at radius 2 is 2.12 bits per heavy atom. The Labute approximate surface area is 111 Å². The van der Waals surface area contributed by atoms with E-state index in [9.17, 15) is 0 Å². The summed E-state index contributed by atoms with van der Waals surface area (Å²) in [5.41, 5.74) is 1.73. The molecule has 88 valence electrons. The third-order valence-electron chi connectivity index (χ3n) is 2.28. The molecule has 1 N–H and O–H groups in total. The van der Waals surface area contributed by atoms with E-state index in [-0.39, 0.29) is 24.0 Å². The van der Waals surface area contributed by atoms with Crippen LogP contribution >= 0.6 is 0 Å². The average molecular weight is 335 g/mol. The van der Waals surface area contributed by atoms with Crippen molar-refractivity contribution >= 4 is 17.1 Å². The molecule has 2 rings (SSSR count). The highest BCUT2D eigenvalue weighted by atomic mass is 127. The van der Waals surface area contributed by atoms with Crippen molar-refractivity contribution in [1.82, 2.24) is 14.5 Å². The highest BCUT2D eigenvalue weighted by molar-refractivity contribution is 5.75. The lowest BCUT2D eigenvalue weighted by Crippen LogP contribution is -3.00. The Hall–Kier alpha value is -1.12. The highest BCUT2D eigenvalue weighted by Crippen LogP contribution is 2.20. The number of aryl methyl sites for hydroxylation is 2. The molecule has 0 spiro atoms. The van der Waals surface area contributed by atoms with Crippen molar-refractivity contribution in [2.45, 2.75) is 0 Å². The summed E-state index contributed by atoms with van der Waals surface area (Å²) in [6, 6.07) is 0. The second-order valence-electron chi connectivity index (χ2n) is 3.32. The Balaban J connectivity index is 0.00000128. The number of nitrogens with zero attached hydrogens (tertiary/aromatic N) is 4. The minimum Gasteiger partial charge on any atom is -1.00 e. The molecule has 0 saturated carbocycles. The maximum absolute atomic E-state index is 5.24. The van der Waals surface area contributed by atoms with Crippen LogP contribution in [-0.4, -0.2) is 28.7 Å². The van der Waals surface area contributed by atoms with Crippen LogP contribution in [0.3, 0.4) is 0 Å². The van der Waals surface area contributed by atoms with Crippen molar-refractivity contribution in [3.05, 3.63) is 6.33 Å². The van der Waals surface area contributed by atoms with Crippen LogP contribution in [0.4, 0.5) is 5.95 Å². The lowest BCUT2D eigenvalue weighted by molar-refractivity contribution is -0.647. The SMILES string of the molecule is CNc1nc(OC)c2c(n1)[n+](C)cn2C.[I-]. The van der Waals surface area contributed by atoms with Gasteiger partial charge in [-0.1, -0.05) is 4.98 Å². The van der Waals surface area contributed by atoms with E-state index in [0.717, 1.165) is 11.2 Å². The van der Waals surface area contributed by atoms with E-state index in [4.69, 9.17) is 4.74 Å². The molecule has 0 amide bonds. The van der Waals surface area contributed by atoms with Crippen LogP contribution < -0.4 is 38.6 Å². The molecule has 2 aromatic rings. The van der Waals surface area contributed by atoms with Gasteiger partial charge in [0.1, 0.15) is 0 Å². The molecule has 0 unspecified atom stereocenters. The number of methoxy groups -OCH3 is 1. The number of hydrogen-bond donors (Lipinski definition) is 1. The summed E-state index contributed by atoms with van der Waals surface area (Å²) >= 11 is 0. The van der Waals surface area contributed by atoms with Gasteiger partial charge in [-0.15, -0.1) is 0 Å². The molecule has 0 aliphatic heterocycles. The van der Waals surface area contributed by atoms with Gasteiger partial charge in [-0.3, -0.25) is 4.57 Å². The van der Waals surface area contributed by atoms with Crippen LogP contribution in [0, 0.1) is 0 Å². The summed E-state index contributed by atoms with van der Waals surface area (Å²) in [4.78, 5) is 8.60. The molecule has 0 radical (unpaired) electrons. The first-order valence-corrected chi connectivity index (χ1v) is 4.61. The van der Waals surface area contributed by atoms with E-state index in [1.54, 1.807) is 14.2 Å². The number of ether oxygens (including phenoxy) is 1. The van der Waals surface area contributed by atoms with Gasteiger partial charge in [-0.25, -0.2) is 4.57 Å². The topological polar surface area (TPSA) is 55.9 Å². The molecule has 0 aromatic carbocycles. The first kappa shape index (κ1) is 12.9. The van der Waals surface area contributed by atoms with Gasteiger partial charge in [-0.2, -0.15) is 4.98 Å². The van der Waals surface area contributed by atoms with Crippen LogP contribution in [0.15, 0.2) is 6.33 Å². The predicted molar refractivity (Wildman–Crippen MR) is 55.8 cm³/mol. The normalized spacial score (nSPS) is 10.0. The van der Waals surface area contributed by atoms with E-state index in [2.05, 4.69) is 15.3 Å². The smallest absolute Gasteiger partial charge is 0.311 e. The second-order valence-corrected chi connectivity index (χ2v) is 3.32. The largest absolute Gasteiger partial charge is 1.00 e. The van der Waals surface area contributed by atoms with Crippen LogP contribution in [0.25, 0.3) is 11.2 Å². The molecule has 0 atom stereocenters. The van der Waals surface area contributed by atoms with Gasteiger partial charge in [0.2, 0.25) is 5.52 Å². The summed E-state index contributed by atoms with van der Waals surface area (Å²) in [6.07, 6.45) is 1.93. The molecule has 7 heteroatoms. The van der Waals surface area contributed by atoms with E-state index in [1.807, 2.05) is 29.6 Å². The summed E-state index contributed by atoms with van der Waals surface area (Å²) in [5.74, 6) is 1.13. The summed E-state index contributed by atoms with van der Waals surface area (Å²) in [7, 11) is 7.26. The third kappa shape index (κ3) is 1.91. The first-order valence-electron chi connectivity index (χ1n) is 4.61. The predicted octanol–water partition coefficient (Wildman–Crippen LogP) is -3.15. The maximum Gasteiger partial charge on any atom is 0.311 e. The molecular weight excluding hydrogens is 321 g/mol. The number of halogens is 1. The van der Waals surface area contributed by atoms with Gasteiger partial charge in [0.25, 0.3) is 5.88 Å².